The number of carbonyl (C=O) groups excluding carboxylic acids is 1. The molecule has 1 amide bonds. The topological polar surface area (TPSA) is 73.3 Å². The molecule has 0 aliphatic carbocycles. The van der Waals surface area contributed by atoms with Crippen molar-refractivity contribution >= 4 is 51.9 Å². The number of hydrogen-bond acceptors (Lipinski definition) is 7. The summed E-state index contributed by atoms with van der Waals surface area (Å²) in [6.07, 6.45) is 2.57. The summed E-state index contributed by atoms with van der Waals surface area (Å²) in [5.41, 5.74) is 0.688. The molecule has 3 rings (SSSR count). The van der Waals surface area contributed by atoms with Gasteiger partial charge >= 0.3 is 0 Å². The third-order valence-corrected chi connectivity index (χ3v) is 4.36. The first-order valence-corrected chi connectivity index (χ1v) is 8.35. The van der Waals surface area contributed by atoms with Crippen molar-refractivity contribution in [1.29, 1.82) is 0 Å². The maximum Gasteiger partial charge on any atom is 0.263 e. The second kappa shape index (κ2) is 7.34. The highest BCUT2D eigenvalue weighted by Gasteiger charge is 2.22. The zero-order valence-corrected chi connectivity index (χ0v) is 15.0. The second-order valence-electron chi connectivity index (χ2n) is 4.66. The molecule has 0 radical (unpaired) electrons. The Morgan fingerprint density at radius 1 is 1.40 bits per heavy atom. The standard InChI is InChI=1S/C15H9ClFN3O3S2/c1-22-10-4-7(5-11-12(21)19-15(24)25-11)2-3-9(10)23-13-8(17)6-18-14(16)20-13/h2-6H,1H3,(H,19,21,24)/b11-5+. The molecule has 1 N–H and O–H groups in total. The summed E-state index contributed by atoms with van der Waals surface area (Å²) in [6, 6.07) is 4.88. The molecular formula is C15H9ClFN3O3S2. The van der Waals surface area contributed by atoms with Gasteiger partial charge in [-0.1, -0.05) is 30.0 Å². The zero-order valence-electron chi connectivity index (χ0n) is 12.6. The van der Waals surface area contributed by atoms with E-state index in [0.717, 1.165) is 6.20 Å². The van der Waals surface area contributed by atoms with Gasteiger partial charge in [-0.2, -0.15) is 9.37 Å². The first kappa shape index (κ1) is 17.6. The highest BCUT2D eigenvalue weighted by atomic mass is 35.5. The molecule has 1 aliphatic rings. The number of amides is 1. The van der Waals surface area contributed by atoms with Crippen molar-refractivity contribution in [3.05, 3.63) is 46.0 Å². The predicted molar refractivity (Wildman–Crippen MR) is 96.4 cm³/mol. The van der Waals surface area contributed by atoms with E-state index in [2.05, 4.69) is 15.3 Å². The van der Waals surface area contributed by atoms with Crippen LogP contribution in [-0.2, 0) is 4.79 Å². The van der Waals surface area contributed by atoms with Gasteiger partial charge in [0.2, 0.25) is 11.1 Å². The number of nitrogens with zero attached hydrogens (tertiary/aromatic N) is 2. The van der Waals surface area contributed by atoms with Crippen molar-refractivity contribution in [1.82, 2.24) is 15.3 Å². The van der Waals surface area contributed by atoms with Crippen LogP contribution >= 0.6 is 35.6 Å². The van der Waals surface area contributed by atoms with E-state index in [-0.39, 0.29) is 22.8 Å². The average molecular weight is 398 g/mol. The molecule has 1 aromatic carbocycles. The normalized spacial score (nSPS) is 15.4. The lowest BCUT2D eigenvalue weighted by Gasteiger charge is -2.11. The lowest BCUT2D eigenvalue weighted by molar-refractivity contribution is -0.115. The molecular weight excluding hydrogens is 389 g/mol. The zero-order chi connectivity index (χ0) is 18.0. The number of ether oxygens (including phenoxy) is 2. The van der Waals surface area contributed by atoms with Crippen LogP contribution in [0.1, 0.15) is 5.56 Å². The maximum absolute atomic E-state index is 13.7. The van der Waals surface area contributed by atoms with Gasteiger partial charge in [0.1, 0.15) is 4.32 Å². The van der Waals surface area contributed by atoms with E-state index in [4.69, 9.17) is 33.3 Å². The number of aromatic nitrogens is 2. The quantitative estimate of drug-likeness (QED) is 0.480. The third kappa shape index (κ3) is 4.06. The summed E-state index contributed by atoms with van der Waals surface area (Å²) >= 11 is 11.8. The number of benzene rings is 1. The van der Waals surface area contributed by atoms with Crippen molar-refractivity contribution in [3.8, 4) is 17.4 Å². The second-order valence-corrected chi connectivity index (χ2v) is 6.71. The fourth-order valence-electron chi connectivity index (χ4n) is 1.94. The minimum absolute atomic E-state index is 0.142. The summed E-state index contributed by atoms with van der Waals surface area (Å²) in [5.74, 6) is -0.774. The van der Waals surface area contributed by atoms with E-state index < -0.39 is 5.82 Å². The SMILES string of the molecule is COc1cc(/C=C2/SC(=S)NC2=O)ccc1Oc1nc(Cl)ncc1F. The van der Waals surface area contributed by atoms with Crippen LogP contribution in [0.15, 0.2) is 29.3 Å². The van der Waals surface area contributed by atoms with Crippen LogP contribution in [-0.4, -0.2) is 27.3 Å². The molecule has 10 heteroatoms. The van der Waals surface area contributed by atoms with Gasteiger partial charge in [-0.25, -0.2) is 4.98 Å². The molecule has 1 aromatic heterocycles. The molecule has 0 bridgehead atoms. The molecule has 2 aromatic rings. The van der Waals surface area contributed by atoms with Crippen molar-refractivity contribution in [3.63, 3.8) is 0 Å². The Hall–Kier alpha value is -2.23. The van der Waals surface area contributed by atoms with Crippen LogP contribution in [0, 0.1) is 5.82 Å². The van der Waals surface area contributed by atoms with Crippen LogP contribution in [0.2, 0.25) is 5.28 Å². The molecule has 25 heavy (non-hydrogen) atoms. The van der Waals surface area contributed by atoms with E-state index in [1.165, 1.54) is 18.9 Å². The van der Waals surface area contributed by atoms with Crippen molar-refractivity contribution in [2.24, 2.45) is 0 Å². The monoisotopic (exact) mass is 397 g/mol. The van der Waals surface area contributed by atoms with Gasteiger partial charge in [0.05, 0.1) is 18.2 Å². The number of halogens is 2. The highest BCUT2D eigenvalue weighted by Crippen LogP contribution is 2.34. The van der Waals surface area contributed by atoms with Crippen LogP contribution < -0.4 is 14.8 Å². The molecule has 1 saturated heterocycles. The van der Waals surface area contributed by atoms with E-state index >= 15 is 0 Å². The molecule has 1 fully saturated rings. The Morgan fingerprint density at radius 2 is 2.20 bits per heavy atom. The van der Waals surface area contributed by atoms with Crippen LogP contribution in [0.3, 0.4) is 0 Å². The molecule has 0 atom stereocenters. The van der Waals surface area contributed by atoms with E-state index in [1.807, 2.05) is 0 Å². The van der Waals surface area contributed by atoms with Crippen molar-refractivity contribution in [2.45, 2.75) is 0 Å². The first-order chi connectivity index (χ1) is 12.0. The van der Waals surface area contributed by atoms with Gasteiger partial charge in [-0.05, 0) is 35.4 Å². The number of methoxy groups -OCH3 is 1. The third-order valence-electron chi connectivity index (χ3n) is 3.02. The first-order valence-electron chi connectivity index (χ1n) is 6.75. The molecule has 2 heterocycles. The van der Waals surface area contributed by atoms with E-state index in [1.54, 1.807) is 24.3 Å². The largest absolute Gasteiger partial charge is 0.493 e. The fraction of sp³-hybridized carbons (Fsp3) is 0.0667. The van der Waals surface area contributed by atoms with Crippen molar-refractivity contribution in [2.75, 3.05) is 7.11 Å². The minimum Gasteiger partial charge on any atom is -0.493 e. The summed E-state index contributed by atoms with van der Waals surface area (Å²) in [6.45, 7) is 0. The minimum atomic E-state index is -0.759. The highest BCUT2D eigenvalue weighted by molar-refractivity contribution is 8.26. The van der Waals surface area contributed by atoms with Crippen LogP contribution in [0.4, 0.5) is 4.39 Å². The molecule has 1 aliphatic heterocycles. The Bertz CT molecular complexity index is 908. The summed E-state index contributed by atoms with van der Waals surface area (Å²) < 4.78 is 24.8. The van der Waals surface area contributed by atoms with E-state index in [0.29, 0.717) is 20.5 Å². The van der Waals surface area contributed by atoms with Crippen molar-refractivity contribution < 1.29 is 18.7 Å². The summed E-state index contributed by atoms with van der Waals surface area (Å²) in [7, 11) is 1.44. The van der Waals surface area contributed by atoms with Crippen LogP contribution in [0.5, 0.6) is 17.4 Å². The predicted octanol–water partition coefficient (Wildman–Crippen LogP) is 3.56. The van der Waals surface area contributed by atoms with Gasteiger partial charge < -0.3 is 14.8 Å². The van der Waals surface area contributed by atoms with Gasteiger partial charge in [-0.3, -0.25) is 4.79 Å². The maximum atomic E-state index is 13.7. The summed E-state index contributed by atoms with van der Waals surface area (Å²) in [4.78, 5) is 19.4. The fourth-order valence-corrected chi connectivity index (χ4v) is 3.11. The Kier molecular flexibility index (Phi) is 5.16. The van der Waals surface area contributed by atoms with Gasteiger partial charge in [0.15, 0.2) is 11.5 Å². The number of nitrogens with one attached hydrogen (secondary N) is 1. The Balaban J connectivity index is 1.90. The van der Waals surface area contributed by atoms with Gasteiger partial charge in [-0.15, -0.1) is 0 Å². The number of carbonyl (C=O) groups is 1. The molecule has 0 saturated carbocycles. The van der Waals surface area contributed by atoms with E-state index in [9.17, 15) is 9.18 Å². The Morgan fingerprint density at radius 3 is 2.88 bits per heavy atom. The lowest BCUT2D eigenvalue weighted by Crippen LogP contribution is -2.17. The molecule has 6 nitrogen and oxygen atoms in total. The Labute approximate surface area is 156 Å². The number of thiocarbonyl (C=S) groups is 1. The molecule has 0 unspecified atom stereocenters. The number of hydrogen-bond donors (Lipinski definition) is 1. The molecule has 0 spiro atoms. The van der Waals surface area contributed by atoms with Crippen LogP contribution in [0.25, 0.3) is 6.08 Å². The number of rotatable bonds is 4. The number of thioether (sulfide) groups is 1. The lowest BCUT2D eigenvalue weighted by atomic mass is 10.2. The average Bonchev–Trinajstić information content (AvgIpc) is 2.89. The molecule has 128 valence electrons. The van der Waals surface area contributed by atoms with Gasteiger partial charge in [0, 0.05) is 0 Å². The summed E-state index contributed by atoms with van der Waals surface area (Å²) in [5, 5.41) is 2.39. The van der Waals surface area contributed by atoms with Gasteiger partial charge in [0.25, 0.3) is 11.8 Å². The smallest absolute Gasteiger partial charge is 0.263 e.